The van der Waals surface area contributed by atoms with E-state index >= 15 is 0 Å². The van der Waals surface area contributed by atoms with Crippen molar-refractivity contribution in [2.24, 2.45) is 5.10 Å². The third-order valence-electron chi connectivity index (χ3n) is 4.75. The van der Waals surface area contributed by atoms with Crippen molar-refractivity contribution < 1.29 is 18.0 Å². The molecule has 0 bridgehead atoms. The monoisotopic (exact) mass is 590 g/mol. The molecule has 10 heteroatoms. The van der Waals surface area contributed by atoms with Gasteiger partial charge in [0.15, 0.2) is 0 Å². The van der Waals surface area contributed by atoms with Crippen LogP contribution in [-0.2, 0) is 14.8 Å². The number of benzene rings is 3. The molecule has 0 saturated carbocycles. The first-order valence-electron chi connectivity index (χ1n) is 10.2. The molecule has 0 atom stereocenters. The van der Waals surface area contributed by atoms with Gasteiger partial charge in [-0.15, -0.1) is 0 Å². The van der Waals surface area contributed by atoms with E-state index in [-0.39, 0.29) is 5.91 Å². The maximum absolute atomic E-state index is 12.4. The Balaban J connectivity index is 1.62. The molecule has 0 spiro atoms. The third-order valence-corrected chi connectivity index (χ3v) is 6.61. The molecule has 0 aliphatic carbocycles. The van der Waals surface area contributed by atoms with Crippen LogP contribution in [0.3, 0.4) is 0 Å². The molecular weight excluding hydrogens is 567 g/mol. The maximum atomic E-state index is 12.4. The van der Waals surface area contributed by atoms with Crippen LogP contribution in [0.2, 0.25) is 0 Å². The molecule has 0 aliphatic heterocycles. The van der Waals surface area contributed by atoms with Gasteiger partial charge in [0, 0.05) is 14.8 Å². The van der Waals surface area contributed by atoms with Gasteiger partial charge in [-0.3, -0.25) is 13.9 Å². The van der Waals surface area contributed by atoms with Crippen LogP contribution in [0.5, 0.6) is 0 Å². The summed E-state index contributed by atoms with van der Waals surface area (Å²) in [7, 11) is -3.66. The number of carbonyl (C=O) groups is 2. The Hall–Kier alpha value is -3.25. The van der Waals surface area contributed by atoms with E-state index in [0.29, 0.717) is 22.6 Å². The number of hydrogen-bond donors (Lipinski definition) is 2. The molecule has 2 N–H and O–H groups in total. The lowest BCUT2D eigenvalue weighted by Crippen LogP contribution is -2.39. The Morgan fingerprint density at radius 1 is 0.912 bits per heavy atom. The molecule has 3 aromatic rings. The fourth-order valence-corrected chi connectivity index (χ4v) is 4.19. The molecular formula is C24H23IN4O4S. The molecule has 0 aliphatic rings. The highest BCUT2D eigenvalue weighted by atomic mass is 127. The van der Waals surface area contributed by atoms with E-state index < -0.39 is 22.5 Å². The second kappa shape index (κ2) is 11.3. The number of nitrogens with zero attached hydrogens (tertiary/aromatic N) is 2. The second-order valence-corrected chi connectivity index (χ2v) is 10.5. The van der Waals surface area contributed by atoms with Crippen LogP contribution in [0.25, 0.3) is 0 Å². The van der Waals surface area contributed by atoms with E-state index in [1.807, 2.05) is 6.07 Å². The second-order valence-electron chi connectivity index (χ2n) is 7.38. The van der Waals surface area contributed by atoms with Gasteiger partial charge in [0.2, 0.25) is 10.0 Å². The number of nitrogens with one attached hydrogen (secondary N) is 2. The van der Waals surface area contributed by atoms with E-state index in [9.17, 15) is 18.0 Å². The summed E-state index contributed by atoms with van der Waals surface area (Å²) in [6.07, 6.45) is 1.05. The number of amides is 2. The van der Waals surface area contributed by atoms with E-state index in [1.165, 1.54) is 0 Å². The van der Waals surface area contributed by atoms with Crippen LogP contribution < -0.4 is 15.0 Å². The predicted molar refractivity (Wildman–Crippen MR) is 143 cm³/mol. The Morgan fingerprint density at radius 2 is 1.53 bits per heavy atom. The minimum absolute atomic E-state index is 0.213. The van der Waals surface area contributed by atoms with E-state index in [2.05, 4.69) is 38.4 Å². The Morgan fingerprint density at radius 3 is 2.12 bits per heavy atom. The quantitative estimate of drug-likeness (QED) is 0.236. The summed E-state index contributed by atoms with van der Waals surface area (Å²) in [5.41, 5.74) is 5.23. The molecule has 34 heavy (non-hydrogen) atoms. The third kappa shape index (κ3) is 7.12. The van der Waals surface area contributed by atoms with Crippen molar-refractivity contribution in [1.82, 2.24) is 5.43 Å². The topological polar surface area (TPSA) is 108 Å². The van der Waals surface area contributed by atoms with Crippen LogP contribution in [0.4, 0.5) is 11.4 Å². The molecule has 0 unspecified atom stereocenters. The Labute approximate surface area is 212 Å². The van der Waals surface area contributed by atoms with Crippen molar-refractivity contribution in [2.75, 3.05) is 22.4 Å². The smallest absolute Gasteiger partial charge is 0.260 e. The summed E-state index contributed by atoms with van der Waals surface area (Å²) in [5, 5.41) is 6.90. The minimum Gasteiger partial charge on any atom is -0.322 e. The Bertz CT molecular complexity index is 1290. The molecule has 0 aromatic heterocycles. The summed E-state index contributed by atoms with van der Waals surface area (Å²) >= 11 is 2.12. The standard InChI is InChI=1S/C24H23IN4O4S/c1-17(18-8-12-21(13-9-18)26-24(31)19-6-4-3-5-7-19)27-28-23(30)16-29(34(2,32)33)22-14-10-20(25)11-15-22/h3-15H,16H2,1-2H3,(H,26,31)(H,28,30)/b27-17-. The largest absolute Gasteiger partial charge is 0.322 e. The molecule has 8 nitrogen and oxygen atoms in total. The zero-order valence-electron chi connectivity index (χ0n) is 18.5. The number of anilines is 2. The van der Waals surface area contributed by atoms with Gasteiger partial charge in [-0.25, -0.2) is 13.8 Å². The van der Waals surface area contributed by atoms with Crippen LogP contribution in [0, 0.1) is 3.57 Å². The lowest BCUT2D eigenvalue weighted by Gasteiger charge is -2.21. The number of hydrogen-bond acceptors (Lipinski definition) is 5. The number of halogens is 1. The molecule has 2 amide bonds. The van der Waals surface area contributed by atoms with Gasteiger partial charge in [0.1, 0.15) is 6.54 Å². The van der Waals surface area contributed by atoms with Crippen LogP contribution in [0.15, 0.2) is 84.0 Å². The number of hydrazone groups is 1. The summed E-state index contributed by atoms with van der Waals surface area (Å²) in [4.78, 5) is 24.7. The molecule has 0 heterocycles. The summed E-state index contributed by atoms with van der Waals surface area (Å²) < 4.78 is 26.3. The summed E-state index contributed by atoms with van der Waals surface area (Å²) in [6.45, 7) is 1.31. The molecule has 0 radical (unpaired) electrons. The van der Waals surface area contributed by atoms with Crippen molar-refractivity contribution in [3.8, 4) is 0 Å². The lowest BCUT2D eigenvalue weighted by atomic mass is 10.1. The van der Waals surface area contributed by atoms with Crippen LogP contribution in [-0.4, -0.2) is 38.7 Å². The fourth-order valence-electron chi connectivity index (χ4n) is 2.97. The summed E-state index contributed by atoms with van der Waals surface area (Å²) in [6, 6.07) is 22.7. The number of carbonyl (C=O) groups excluding carboxylic acids is 2. The number of rotatable bonds is 8. The van der Waals surface area contributed by atoms with Crippen molar-refractivity contribution in [3.05, 3.63) is 93.6 Å². The van der Waals surface area contributed by atoms with E-state index in [4.69, 9.17) is 0 Å². The zero-order valence-corrected chi connectivity index (χ0v) is 21.5. The number of sulfonamides is 1. The maximum Gasteiger partial charge on any atom is 0.260 e. The molecule has 3 rings (SSSR count). The average molecular weight is 590 g/mol. The van der Waals surface area contributed by atoms with Crippen LogP contribution >= 0.6 is 22.6 Å². The van der Waals surface area contributed by atoms with Crippen molar-refractivity contribution in [2.45, 2.75) is 6.92 Å². The SMILES string of the molecule is C/C(=N/NC(=O)CN(c1ccc(I)cc1)S(C)(=O)=O)c1ccc(NC(=O)c2ccccc2)cc1. The molecule has 176 valence electrons. The zero-order chi connectivity index (χ0) is 24.7. The van der Waals surface area contributed by atoms with Gasteiger partial charge in [0.25, 0.3) is 11.8 Å². The molecule has 3 aromatic carbocycles. The van der Waals surface area contributed by atoms with Gasteiger partial charge >= 0.3 is 0 Å². The first kappa shape index (κ1) is 25.4. The highest BCUT2D eigenvalue weighted by Crippen LogP contribution is 2.19. The minimum atomic E-state index is -3.66. The van der Waals surface area contributed by atoms with Crippen molar-refractivity contribution >= 4 is 61.5 Å². The van der Waals surface area contributed by atoms with E-state index in [0.717, 1.165) is 19.7 Å². The molecule has 0 saturated heterocycles. The summed E-state index contributed by atoms with van der Waals surface area (Å²) in [5.74, 6) is -0.787. The van der Waals surface area contributed by atoms with Gasteiger partial charge in [-0.05, 0) is 83.6 Å². The first-order chi connectivity index (χ1) is 16.1. The van der Waals surface area contributed by atoms with Crippen LogP contribution in [0.1, 0.15) is 22.8 Å². The molecule has 0 fully saturated rings. The van der Waals surface area contributed by atoms with Gasteiger partial charge < -0.3 is 5.32 Å². The van der Waals surface area contributed by atoms with E-state index in [1.54, 1.807) is 79.7 Å². The van der Waals surface area contributed by atoms with Crippen molar-refractivity contribution in [3.63, 3.8) is 0 Å². The first-order valence-corrected chi connectivity index (χ1v) is 13.1. The fraction of sp³-hybridized carbons (Fsp3) is 0.125. The lowest BCUT2D eigenvalue weighted by molar-refractivity contribution is -0.119. The predicted octanol–water partition coefficient (Wildman–Crippen LogP) is 3.85. The van der Waals surface area contributed by atoms with Gasteiger partial charge in [-0.2, -0.15) is 5.10 Å². The highest BCUT2D eigenvalue weighted by Gasteiger charge is 2.20. The van der Waals surface area contributed by atoms with Crippen molar-refractivity contribution in [1.29, 1.82) is 0 Å². The van der Waals surface area contributed by atoms with Gasteiger partial charge in [0.05, 0.1) is 17.7 Å². The normalized spacial score (nSPS) is 11.6. The average Bonchev–Trinajstić information content (AvgIpc) is 2.82. The Kier molecular flexibility index (Phi) is 8.40. The highest BCUT2D eigenvalue weighted by molar-refractivity contribution is 14.1. The van der Waals surface area contributed by atoms with Gasteiger partial charge in [-0.1, -0.05) is 30.3 Å².